The molecule has 1 aromatic heterocycles. The molecular weight excluding hydrogens is 426 g/mol. The maximum Gasteiger partial charge on any atom is 0.291 e. The molecule has 1 amide bonds. The van der Waals surface area contributed by atoms with Gasteiger partial charge in [0.05, 0.1) is 11.5 Å². The van der Waals surface area contributed by atoms with Gasteiger partial charge in [0.2, 0.25) is 21.1 Å². The quantitative estimate of drug-likeness (QED) is 0.702. The van der Waals surface area contributed by atoms with Crippen molar-refractivity contribution in [3.63, 3.8) is 0 Å². The van der Waals surface area contributed by atoms with Gasteiger partial charge >= 0.3 is 0 Å². The first kappa shape index (κ1) is 21.5. The van der Waals surface area contributed by atoms with Crippen LogP contribution in [0, 0.1) is 5.92 Å². The minimum atomic E-state index is -3.67. The number of benzene rings is 1. The fourth-order valence-corrected chi connectivity index (χ4v) is 5.03. The van der Waals surface area contributed by atoms with Crippen molar-refractivity contribution < 1.29 is 26.7 Å². The van der Waals surface area contributed by atoms with Gasteiger partial charge in [0, 0.05) is 19.0 Å². The van der Waals surface area contributed by atoms with Crippen LogP contribution in [-0.2, 0) is 14.8 Å². The number of nitrogens with one attached hydrogen (secondary N) is 1. The van der Waals surface area contributed by atoms with E-state index in [0.717, 1.165) is 0 Å². The molecule has 158 valence electrons. The largest absolute Gasteiger partial charge is 0.494 e. The second kappa shape index (κ2) is 9.09. The molecule has 3 rings (SSSR count). The maximum atomic E-state index is 12.8. The van der Waals surface area contributed by atoms with Crippen molar-refractivity contribution in [1.29, 1.82) is 0 Å². The number of hydrogen-bond donors (Lipinski definition) is 1. The van der Waals surface area contributed by atoms with Gasteiger partial charge in [-0.15, -0.1) is 10.2 Å². The molecule has 0 unspecified atom stereocenters. The van der Waals surface area contributed by atoms with E-state index in [9.17, 15) is 22.0 Å². The van der Waals surface area contributed by atoms with Crippen LogP contribution in [0.2, 0.25) is 0 Å². The number of piperidine rings is 1. The fourth-order valence-electron chi connectivity index (χ4n) is 2.96. The van der Waals surface area contributed by atoms with E-state index in [1.807, 2.05) is 6.92 Å². The molecule has 1 aromatic carbocycles. The number of carbonyl (C=O) groups excluding carboxylic acids is 1. The summed E-state index contributed by atoms with van der Waals surface area (Å²) in [4.78, 5) is 12.5. The zero-order valence-electron chi connectivity index (χ0n) is 15.5. The molecule has 1 aliphatic heterocycles. The Morgan fingerprint density at radius 3 is 2.48 bits per heavy atom. The van der Waals surface area contributed by atoms with E-state index in [0.29, 0.717) is 36.5 Å². The van der Waals surface area contributed by atoms with Crippen LogP contribution in [0.4, 0.5) is 13.9 Å². The van der Waals surface area contributed by atoms with Gasteiger partial charge in [0.1, 0.15) is 5.75 Å². The zero-order chi connectivity index (χ0) is 21.0. The van der Waals surface area contributed by atoms with Gasteiger partial charge in [-0.05, 0) is 44.0 Å². The summed E-state index contributed by atoms with van der Waals surface area (Å²) in [6.07, 6.45) is -2.10. The lowest BCUT2D eigenvalue weighted by molar-refractivity contribution is -0.120. The SMILES string of the molecule is CCOc1ccc(S(=O)(=O)N2CCC(C(=O)Nc3nnc(C(F)F)s3)CC2)cc1. The lowest BCUT2D eigenvalue weighted by atomic mass is 9.97. The van der Waals surface area contributed by atoms with E-state index in [1.165, 1.54) is 16.4 Å². The number of amides is 1. The number of alkyl halides is 2. The number of carbonyl (C=O) groups is 1. The molecule has 0 spiro atoms. The van der Waals surface area contributed by atoms with Gasteiger partial charge in [-0.1, -0.05) is 11.3 Å². The third-order valence-corrected chi connectivity index (χ3v) is 7.21. The Kier molecular flexibility index (Phi) is 6.75. The summed E-state index contributed by atoms with van der Waals surface area (Å²) < 4.78 is 57.3. The van der Waals surface area contributed by atoms with E-state index in [2.05, 4.69) is 15.5 Å². The molecule has 1 N–H and O–H groups in total. The first-order valence-electron chi connectivity index (χ1n) is 8.96. The average Bonchev–Trinajstić information content (AvgIpc) is 3.17. The van der Waals surface area contributed by atoms with Crippen LogP contribution in [0.5, 0.6) is 5.75 Å². The van der Waals surface area contributed by atoms with Gasteiger partial charge in [0.25, 0.3) is 6.43 Å². The van der Waals surface area contributed by atoms with E-state index in [-0.39, 0.29) is 29.0 Å². The van der Waals surface area contributed by atoms with Crippen molar-refractivity contribution in [2.24, 2.45) is 5.92 Å². The Morgan fingerprint density at radius 2 is 1.93 bits per heavy atom. The van der Waals surface area contributed by atoms with Crippen molar-refractivity contribution in [2.45, 2.75) is 31.1 Å². The molecule has 0 aliphatic carbocycles. The Labute approximate surface area is 170 Å². The predicted octanol–water partition coefficient (Wildman–Crippen LogP) is 2.91. The van der Waals surface area contributed by atoms with E-state index >= 15 is 0 Å². The van der Waals surface area contributed by atoms with Gasteiger partial charge in [-0.3, -0.25) is 4.79 Å². The molecule has 1 fully saturated rings. The van der Waals surface area contributed by atoms with E-state index in [1.54, 1.807) is 12.1 Å². The molecule has 2 aromatic rings. The molecule has 1 aliphatic rings. The standard InChI is InChI=1S/C17H20F2N4O4S2/c1-2-27-12-3-5-13(6-4-12)29(25,26)23-9-7-11(8-10-23)15(24)20-17-22-21-16(28-17)14(18)19/h3-6,11,14H,2,7-10H2,1H3,(H,20,22,24). The number of sulfonamides is 1. The molecule has 0 bridgehead atoms. The van der Waals surface area contributed by atoms with Crippen molar-refractivity contribution in [3.8, 4) is 5.75 Å². The van der Waals surface area contributed by atoms with Crippen molar-refractivity contribution in [3.05, 3.63) is 29.3 Å². The number of nitrogens with zero attached hydrogens (tertiary/aromatic N) is 3. The number of aromatic nitrogens is 2. The summed E-state index contributed by atoms with van der Waals surface area (Å²) in [6.45, 7) is 2.70. The third-order valence-electron chi connectivity index (χ3n) is 4.45. The third kappa shape index (κ3) is 5.06. The summed E-state index contributed by atoms with van der Waals surface area (Å²) in [7, 11) is -3.67. The smallest absolute Gasteiger partial charge is 0.291 e. The Morgan fingerprint density at radius 1 is 1.28 bits per heavy atom. The van der Waals surface area contributed by atoms with E-state index < -0.39 is 27.4 Å². The molecule has 12 heteroatoms. The first-order valence-corrected chi connectivity index (χ1v) is 11.2. The van der Waals surface area contributed by atoms with Gasteiger partial charge in [-0.2, -0.15) is 4.31 Å². The van der Waals surface area contributed by atoms with Crippen LogP contribution in [0.3, 0.4) is 0 Å². The maximum absolute atomic E-state index is 12.8. The summed E-state index contributed by atoms with van der Waals surface area (Å²) >= 11 is 0.619. The van der Waals surface area contributed by atoms with Gasteiger partial charge < -0.3 is 10.1 Å². The fraction of sp³-hybridized carbons (Fsp3) is 0.471. The van der Waals surface area contributed by atoms with Crippen molar-refractivity contribution >= 4 is 32.4 Å². The van der Waals surface area contributed by atoms with Gasteiger partial charge in [-0.25, -0.2) is 17.2 Å². The normalized spacial score (nSPS) is 16.1. The average molecular weight is 447 g/mol. The number of halogens is 2. The number of anilines is 1. The molecule has 8 nitrogen and oxygen atoms in total. The molecular formula is C17H20F2N4O4S2. The topological polar surface area (TPSA) is 101 Å². The number of rotatable bonds is 7. The minimum absolute atomic E-state index is 0.00902. The van der Waals surface area contributed by atoms with Crippen LogP contribution in [0.25, 0.3) is 0 Å². The van der Waals surface area contributed by atoms with E-state index in [4.69, 9.17) is 4.74 Å². The Bertz CT molecular complexity index is 943. The highest BCUT2D eigenvalue weighted by atomic mass is 32.2. The first-order chi connectivity index (χ1) is 13.8. The monoisotopic (exact) mass is 446 g/mol. The lowest BCUT2D eigenvalue weighted by Gasteiger charge is -2.30. The minimum Gasteiger partial charge on any atom is -0.494 e. The summed E-state index contributed by atoms with van der Waals surface area (Å²) in [6, 6.07) is 6.20. The van der Waals surface area contributed by atoms with Crippen LogP contribution in [-0.4, -0.2) is 48.5 Å². The highest BCUT2D eigenvalue weighted by molar-refractivity contribution is 7.89. The second-order valence-corrected chi connectivity index (χ2v) is 9.27. The Hall–Kier alpha value is -2.18. The highest BCUT2D eigenvalue weighted by Gasteiger charge is 2.32. The zero-order valence-corrected chi connectivity index (χ0v) is 17.2. The molecule has 2 heterocycles. The Balaban J connectivity index is 1.58. The number of hydrogen-bond acceptors (Lipinski definition) is 7. The van der Waals surface area contributed by atoms with Crippen LogP contribution >= 0.6 is 11.3 Å². The molecule has 29 heavy (non-hydrogen) atoms. The summed E-state index contributed by atoms with van der Waals surface area (Å²) in [5, 5.41) is 8.87. The molecule has 0 saturated carbocycles. The molecule has 1 saturated heterocycles. The van der Waals surface area contributed by atoms with Gasteiger partial charge in [0.15, 0.2) is 5.01 Å². The predicted molar refractivity (Wildman–Crippen MR) is 103 cm³/mol. The lowest BCUT2D eigenvalue weighted by Crippen LogP contribution is -2.41. The molecule has 0 radical (unpaired) electrons. The second-order valence-electron chi connectivity index (χ2n) is 6.32. The van der Waals surface area contributed by atoms with Crippen LogP contribution in [0.15, 0.2) is 29.2 Å². The summed E-state index contributed by atoms with van der Waals surface area (Å²) in [5.74, 6) is -0.214. The summed E-state index contributed by atoms with van der Waals surface area (Å²) in [5.41, 5.74) is 0. The molecule has 0 atom stereocenters. The highest BCUT2D eigenvalue weighted by Crippen LogP contribution is 2.28. The number of ether oxygens (including phenoxy) is 1. The van der Waals surface area contributed by atoms with Crippen molar-refractivity contribution in [2.75, 3.05) is 25.0 Å². The van der Waals surface area contributed by atoms with Crippen LogP contribution < -0.4 is 10.1 Å². The van der Waals surface area contributed by atoms with Crippen molar-refractivity contribution in [1.82, 2.24) is 14.5 Å². The van der Waals surface area contributed by atoms with Crippen LogP contribution in [0.1, 0.15) is 31.2 Å².